The summed E-state index contributed by atoms with van der Waals surface area (Å²) in [5.41, 5.74) is 5.15. The van der Waals surface area contributed by atoms with Crippen molar-refractivity contribution in [3.8, 4) is 11.5 Å². The van der Waals surface area contributed by atoms with Crippen molar-refractivity contribution in [1.29, 1.82) is 0 Å². The van der Waals surface area contributed by atoms with Gasteiger partial charge < -0.3 is 0 Å². The molecule has 0 fully saturated rings. The minimum atomic E-state index is -3.17. The van der Waals surface area contributed by atoms with Crippen LogP contribution in [-0.2, 0) is 39.0 Å². The molecule has 2 nitrogen and oxygen atoms in total. The number of hydrogen-bond acceptors (Lipinski definition) is 2. The molecule has 0 aliphatic carbocycles. The van der Waals surface area contributed by atoms with E-state index in [-0.39, 0.29) is 21.7 Å². The molecule has 184 valence electrons. The van der Waals surface area contributed by atoms with Crippen LogP contribution >= 0.6 is 0 Å². The van der Waals surface area contributed by atoms with E-state index in [9.17, 15) is 0 Å². The fraction of sp³-hybridized carbons (Fsp3) is 0.600. The summed E-state index contributed by atoms with van der Waals surface area (Å²) in [6.07, 6.45) is 0. The molecule has 0 radical (unpaired) electrons. The van der Waals surface area contributed by atoms with Gasteiger partial charge in [0.25, 0.3) is 0 Å². The molecule has 0 spiro atoms. The van der Waals surface area contributed by atoms with Gasteiger partial charge >= 0.3 is 209 Å². The average molecular weight is 489 g/mol. The molecule has 2 aromatic carbocycles. The molecule has 3 heteroatoms. The van der Waals surface area contributed by atoms with E-state index in [0.717, 1.165) is 11.5 Å². The summed E-state index contributed by atoms with van der Waals surface area (Å²) >= 11 is -3.17. The third-order valence-corrected chi connectivity index (χ3v) is 8.24. The average Bonchev–Trinajstić information content (AvgIpc) is 2.57. The Hall–Kier alpha value is -1.25. The van der Waals surface area contributed by atoms with Gasteiger partial charge in [-0.3, -0.25) is 0 Å². The van der Waals surface area contributed by atoms with Crippen LogP contribution in [0, 0.1) is 0 Å². The van der Waals surface area contributed by atoms with E-state index >= 15 is 0 Å². The van der Waals surface area contributed by atoms with E-state index < -0.39 is 17.4 Å². The minimum absolute atomic E-state index is 0.00715. The third kappa shape index (κ3) is 7.37. The van der Waals surface area contributed by atoms with Gasteiger partial charge in [-0.05, 0) is 0 Å². The molecule has 2 aromatic rings. The van der Waals surface area contributed by atoms with Crippen LogP contribution in [0.25, 0.3) is 0 Å². The van der Waals surface area contributed by atoms with Gasteiger partial charge in [0.1, 0.15) is 0 Å². The zero-order chi connectivity index (χ0) is 25.6. The van der Waals surface area contributed by atoms with E-state index in [0.29, 0.717) is 0 Å². The van der Waals surface area contributed by atoms with E-state index in [1.54, 1.807) is 0 Å². The van der Waals surface area contributed by atoms with Crippen molar-refractivity contribution < 1.29 is 24.0 Å². The molecule has 33 heavy (non-hydrogen) atoms. The van der Waals surface area contributed by atoms with Crippen molar-refractivity contribution in [1.82, 2.24) is 0 Å². The standard InChI is InChI=1S/2C14H22O.2CH3.Ti/c2*1-13(2,3)10-7-8-11(12(15)9-10)14(4,5)6;;;/h2*7-9,15H,1-6H3;2*1H3;/q;;;;+2/p-2. The summed E-state index contributed by atoms with van der Waals surface area (Å²) in [5.74, 6) is 1.95. The molecule has 0 bridgehead atoms. The molecule has 0 saturated heterocycles. The Morgan fingerprint density at radius 1 is 0.485 bits per heavy atom. The molecular formula is C30H48O2Ti. The topological polar surface area (TPSA) is 18.5 Å². The monoisotopic (exact) mass is 488 g/mol. The first-order valence-corrected chi connectivity index (χ1v) is 16.7. The zero-order valence-corrected chi connectivity index (χ0v) is 25.3. The van der Waals surface area contributed by atoms with Crippen LogP contribution < -0.4 is 6.64 Å². The van der Waals surface area contributed by atoms with Crippen molar-refractivity contribution in [3.05, 3.63) is 58.7 Å². The molecule has 0 unspecified atom stereocenters. The molecule has 2 rings (SSSR count). The van der Waals surface area contributed by atoms with Gasteiger partial charge in [0, 0.05) is 0 Å². The normalized spacial score (nSPS) is 13.8. The Labute approximate surface area is 208 Å². The maximum absolute atomic E-state index is 6.86. The Bertz CT molecular complexity index is 895. The van der Waals surface area contributed by atoms with Crippen molar-refractivity contribution in [2.24, 2.45) is 0 Å². The van der Waals surface area contributed by atoms with Crippen LogP contribution in [0.2, 0.25) is 10.5 Å². The molecule has 0 saturated carbocycles. The van der Waals surface area contributed by atoms with Crippen molar-refractivity contribution in [2.45, 2.75) is 115 Å². The first kappa shape index (κ1) is 28.0. The quantitative estimate of drug-likeness (QED) is 0.399. The third-order valence-electron chi connectivity index (χ3n) is 6.02. The van der Waals surface area contributed by atoms with Crippen LogP contribution in [-0.4, -0.2) is 0 Å². The number of rotatable bonds is 4. The Morgan fingerprint density at radius 2 is 0.788 bits per heavy atom. The van der Waals surface area contributed by atoms with Crippen LogP contribution in [0.1, 0.15) is 105 Å². The van der Waals surface area contributed by atoms with Gasteiger partial charge in [0.15, 0.2) is 0 Å². The molecule has 0 aromatic heterocycles. The molecule has 0 aliphatic heterocycles. The molecular weight excluding hydrogens is 440 g/mol. The molecule has 0 aliphatic rings. The summed E-state index contributed by atoms with van der Waals surface area (Å²) in [7, 11) is 0. The van der Waals surface area contributed by atoms with E-state index in [2.05, 4.69) is 130 Å². The molecule has 0 atom stereocenters. The van der Waals surface area contributed by atoms with Crippen molar-refractivity contribution in [2.75, 3.05) is 0 Å². The van der Waals surface area contributed by atoms with Gasteiger partial charge in [-0.1, -0.05) is 0 Å². The van der Waals surface area contributed by atoms with Gasteiger partial charge in [0.05, 0.1) is 0 Å². The number of benzene rings is 2. The van der Waals surface area contributed by atoms with Crippen LogP contribution in [0.4, 0.5) is 0 Å². The van der Waals surface area contributed by atoms with Gasteiger partial charge in [-0.15, -0.1) is 0 Å². The van der Waals surface area contributed by atoms with Crippen molar-refractivity contribution in [3.63, 3.8) is 0 Å². The van der Waals surface area contributed by atoms with Crippen molar-refractivity contribution >= 4 is 0 Å². The maximum atomic E-state index is 6.86. The first-order chi connectivity index (χ1) is 14.6. The molecule has 0 heterocycles. The second kappa shape index (κ2) is 9.08. The second-order valence-corrected chi connectivity index (χ2v) is 19.0. The molecule has 0 amide bonds. The summed E-state index contributed by atoms with van der Waals surface area (Å²) in [6.45, 7) is 27.0. The summed E-state index contributed by atoms with van der Waals surface area (Å²) in [4.78, 5) is 0. The van der Waals surface area contributed by atoms with Gasteiger partial charge in [0.2, 0.25) is 0 Å². The van der Waals surface area contributed by atoms with Crippen LogP contribution in [0.5, 0.6) is 11.5 Å². The van der Waals surface area contributed by atoms with E-state index in [4.69, 9.17) is 6.64 Å². The Balaban J connectivity index is 2.55. The first-order valence-electron chi connectivity index (χ1n) is 12.3. The SMILES string of the molecule is CC(C)(C)c1ccc(C(C)(C)C)c([O][Ti]([CH3])([CH3])[O]c2cc(C(C)(C)C)ccc2C(C)(C)C)c1. The fourth-order valence-electron chi connectivity index (χ4n) is 3.94. The van der Waals surface area contributed by atoms with E-state index in [1.807, 2.05) is 0 Å². The predicted molar refractivity (Wildman–Crippen MR) is 141 cm³/mol. The van der Waals surface area contributed by atoms with Gasteiger partial charge in [-0.25, -0.2) is 0 Å². The fourth-order valence-corrected chi connectivity index (χ4v) is 6.18. The summed E-state index contributed by atoms with van der Waals surface area (Å²) in [5, 5.41) is 4.40. The predicted octanol–water partition coefficient (Wildman–Crippen LogP) is 9.41. The van der Waals surface area contributed by atoms with Gasteiger partial charge in [-0.2, -0.15) is 0 Å². The Kier molecular flexibility index (Phi) is 7.70. The van der Waals surface area contributed by atoms with E-state index in [1.165, 1.54) is 22.3 Å². The van der Waals surface area contributed by atoms with Crippen LogP contribution in [0.3, 0.4) is 0 Å². The Morgan fingerprint density at radius 3 is 1.03 bits per heavy atom. The molecule has 0 N–H and O–H groups in total. The zero-order valence-electron chi connectivity index (χ0n) is 23.8. The summed E-state index contributed by atoms with van der Waals surface area (Å²) in [6, 6.07) is 13.5. The number of hydrogen-bond donors (Lipinski definition) is 0. The summed E-state index contributed by atoms with van der Waals surface area (Å²) < 4.78 is 13.7. The van der Waals surface area contributed by atoms with Crippen LogP contribution in [0.15, 0.2) is 36.4 Å². The second-order valence-electron chi connectivity index (χ2n) is 14.0.